The second-order valence-corrected chi connectivity index (χ2v) is 9.85. The van der Waals surface area contributed by atoms with Crippen molar-refractivity contribution in [1.29, 1.82) is 0 Å². The van der Waals surface area contributed by atoms with Gasteiger partial charge >= 0.3 is 0 Å². The van der Waals surface area contributed by atoms with Gasteiger partial charge in [-0.2, -0.15) is 0 Å². The van der Waals surface area contributed by atoms with Crippen LogP contribution in [0.3, 0.4) is 0 Å². The Hall–Kier alpha value is -5.12. The minimum absolute atomic E-state index is 0.133. The fourth-order valence-corrected chi connectivity index (χ4v) is 4.39. The number of ether oxygens (including phenoxy) is 1. The van der Waals surface area contributed by atoms with E-state index in [4.69, 9.17) is 4.74 Å². The van der Waals surface area contributed by atoms with Gasteiger partial charge in [0.2, 0.25) is 5.91 Å². The minimum Gasteiger partial charge on any atom is -0.497 e. The monoisotopic (exact) mass is 555 g/mol. The first-order chi connectivity index (χ1) is 19.6. The first kappa shape index (κ1) is 28.9. The van der Waals surface area contributed by atoms with Crippen LogP contribution >= 0.6 is 0 Å². The summed E-state index contributed by atoms with van der Waals surface area (Å²) in [5, 5.41) is 8.28. The van der Waals surface area contributed by atoms with Gasteiger partial charge in [0, 0.05) is 12.6 Å². The van der Waals surface area contributed by atoms with Crippen LogP contribution in [0.1, 0.15) is 40.3 Å². The Morgan fingerprint density at radius 3 is 2.10 bits per heavy atom. The van der Waals surface area contributed by atoms with E-state index in [1.807, 2.05) is 18.2 Å². The smallest absolute Gasteiger partial charge is 0.295 e. The van der Waals surface area contributed by atoms with Gasteiger partial charge < -0.3 is 20.7 Å². The highest BCUT2D eigenvalue weighted by atomic mass is 16.5. The summed E-state index contributed by atoms with van der Waals surface area (Å²) < 4.78 is 8.27. The highest BCUT2D eigenvalue weighted by Crippen LogP contribution is 2.20. The van der Waals surface area contributed by atoms with Crippen molar-refractivity contribution in [2.24, 2.45) is 13.0 Å². The lowest BCUT2D eigenvalue weighted by Crippen LogP contribution is -2.47. The molecular weight excluding hydrogens is 522 g/mol. The maximum absolute atomic E-state index is 13.4. The molecule has 4 rings (SSSR count). The summed E-state index contributed by atoms with van der Waals surface area (Å²) in [5.74, 6) is -1.17. The molecule has 3 aromatic carbocycles. The molecule has 3 amide bonds. The number of nitrogens with zero attached hydrogens (tertiary/aromatic N) is 2. The van der Waals surface area contributed by atoms with Crippen molar-refractivity contribution in [2.75, 3.05) is 17.7 Å². The molecule has 212 valence electrons. The van der Waals surface area contributed by atoms with Gasteiger partial charge in [-0.25, -0.2) is 4.68 Å². The molecule has 41 heavy (non-hydrogen) atoms. The van der Waals surface area contributed by atoms with Crippen LogP contribution in [0.25, 0.3) is 5.69 Å². The Morgan fingerprint density at radius 1 is 0.829 bits per heavy atom. The molecule has 0 saturated heterocycles. The van der Waals surface area contributed by atoms with Crippen molar-refractivity contribution in [3.8, 4) is 11.4 Å². The number of hydrogen-bond acceptors (Lipinski definition) is 5. The third kappa shape index (κ3) is 6.22. The van der Waals surface area contributed by atoms with Gasteiger partial charge in [0.15, 0.2) is 0 Å². The van der Waals surface area contributed by atoms with Gasteiger partial charge in [0.1, 0.15) is 17.5 Å². The Morgan fingerprint density at radius 2 is 1.46 bits per heavy atom. The third-order valence-electron chi connectivity index (χ3n) is 6.81. The molecule has 0 aliphatic carbocycles. The molecule has 0 bridgehead atoms. The maximum atomic E-state index is 13.4. The largest absolute Gasteiger partial charge is 0.497 e. The number of carbonyl (C=O) groups excluding carboxylic acids is 3. The minimum atomic E-state index is -0.961. The van der Waals surface area contributed by atoms with Crippen LogP contribution in [0.5, 0.6) is 5.75 Å². The van der Waals surface area contributed by atoms with E-state index in [0.717, 1.165) is 0 Å². The predicted octanol–water partition coefficient (Wildman–Crippen LogP) is 4.14. The molecule has 1 heterocycles. The van der Waals surface area contributed by atoms with Crippen molar-refractivity contribution in [3.63, 3.8) is 0 Å². The van der Waals surface area contributed by atoms with Crippen LogP contribution in [0.2, 0.25) is 0 Å². The second kappa shape index (κ2) is 12.4. The van der Waals surface area contributed by atoms with E-state index in [-0.39, 0.29) is 22.7 Å². The van der Waals surface area contributed by atoms with Gasteiger partial charge in [0.05, 0.1) is 29.7 Å². The molecule has 0 radical (unpaired) electrons. The molecule has 10 nitrogen and oxygen atoms in total. The number of nitrogens with one attached hydrogen (secondary N) is 3. The third-order valence-corrected chi connectivity index (χ3v) is 6.81. The molecule has 4 aromatic rings. The molecule has 0 aliphatic heterocycles. The fraction of sp³-hybridized carbons (Fsp3) is 0.226. The summed E-state index contributed by atoms with van der Waals surface area (Å²) in [4.78, 5) is 52.9. The lowest BCUT2D eigenvalue weighted by atomic mass is 10.0. The zero-order chi connectivity index (χ0) is 29.7. The standard InChI is InChI=1S/C31H33N5O5/c1-19(2)26(30(39)34-27-20(3)35(4)36(31(27)40)22-11-7-6-8-12-22)33-29(38)24-13-9-10-14-25(24)32-28(37)21-15-17-23(41-5)18-16-21/h6-19,26H,1-5H3,(H,32,37)(H,33,38)(H,34,39). The average molecular weight is 556 g/mol. The molecule has 0 saturated carbocycles. The summed E-state index contributed by atoms with van der Waals surface area (Å²) in [6.07, 6.45) is 0. The number of para-hydroxylation sites is 2. The fourth-order valence-electron chi connectivity index (χ4n) is 4.39. The van der Waals surface area contributed by atoms with Crippen LogP contribution in [-0.4, -0.2) is 40.2 Å². The van der Waals surface area contributed by atoms with E-state index >= 15 is 0 Å². The van der Waals surface area contributed by atoms with Crippen LogP contribution in [0, 0.1) is 12.8 Å². The Bertz CT molecular complexity index is 1620. The molecule has 1 unspecified atom stereocenters. The average Bonchev–Trinajstić information content (AvgIpc) is 3.18. The van der Waals surface area contributed by atoms with Gasteiger partial charge in [-0.05, 0) is 61.4 Å². The van der Waals surface area contributed by atoms with E-state index < -0.39 is 23.8 Å². The van der Waals surface area contributed by atoms with E-state index in [2.05, 4.69) is 16.0 Å². The number of benzene rings is 3. The summed E-state index contributed by atoms with van der Waals surface area (Å²) in [7, 11) is 3.27. The second-order valence-electron chi connectivity index (χ2n) is 9.85. The quantitative estimate of drug-likeness (QED) is 0.287. The van der Waals surface area contributed by atoms with Crippen molar-refractivity contribution in [3.05, 3.63) is 106 Å². The topological polar surface area (TPSA) is 123 Å². The first-order valence-corrected chi connectivity index (χ1v) is 13.1. The van der Waals surface area contributed by atoms with E-state index in [1.54, 1.807) is 93.2 Å². The molecule has 10 heteroatoms. The zero-order valence-electron chi connectivity index (χ0n) is 23.6. The lowest BCUT2D eigenvalue weighted by molar-refractivity contribution is -0.118. The van der Waals surface area contributed by atoms with Crippen LogP contribution in [0.4, 0.5) is 11.4 Å². The Kier molecular flexibility index (Phi) is 8.72. The number of methoxy groups -OCH3 is 1. The number of aromatic nitrogens is 2. The lowest BCUT2D eigenvalue weighted by Gasteiger charge is -2.22. The maximum Gasteiger partial charge on any atom is 0.295 e. The summed E-state index contributed by atoms with van der Waals surface area (Å²) in [6, 6.07) is 21.3. The number of amides is 3. The summed E-state index contributed by atoms with van der Waals surface area (Å²) >= 11 is 0. The molecule has 3 N–H and O–H groups in total. The molecular formula is C31H33N5O5. The van der Waals surface area contributed by atoms with Gasteiger partial charge in [-0.1, -0.05) is 44.2 Å². The van der Waals surface area contributed by atoms with Crippen molar-refractivity contribution < 1.29 is 19.1 Å². The number of carbonyl (C=O) groups is 3. The number of rotatable bonds is 9. The van der Waals surface area contributed by atoms with E-state index in [9.17, 15) is 19.2 Å². The number of hydrogen-bond donors (Lipinski definition) is 3. The van der Waals surface area contributed by atoms with E-state index in [0.29, 0.717) is 28.4 Å². The molecule has 0 spiro atoms. The van der Waals surface area contributed by atoms with Gasteiger partial charge in [-0.3, -0.25) is 23.9 Å². The molecule has 1 atom stereocenters. The highest BCUT2D eigenvalue weighted by Gasteiger charge is 2.28. The van der Waals surface area contributed by atoms with Gasteiger partial charge in [-0.15, -0.1) is 0 Å². The summed E-state index contributed by atoms with van der Waals surface area (Å²) in [5.41, 5.74) is 1.84. The zero-order valence-corrected chi connectivity index (χ0v) is 23.6. The van der Waals surface area contributed by atoms with Crippen molar-refractivity contribution in [2.45, 2.75) is 26.8 Å². The number of anilines is 2. The SMILES string of the molecule is COc1ccc(C(=O)Nc2ccccc2C(=O)NC(C(=O)Nc2c(C)n(C)n(-c3ccccc3)c2=O)C(C)C)cc1. The van der Waals surface area contributed by atoms with Crippen LogP contribution < -0.4 is 26.2 Å². The molecule has 0 fully saturated rings. The predicted molar refractivity (Wildman–Crippen MR) is 158 cm³/mol. The first-order valence-electron chi connectivity index (χ1n) is 13.1. The normalized spacial score (nSPS) is 11.6. The van der Waals surface area contributed by atoms with Crippen LogP contribution in [-0.2, 0) is 11.8 Å². The Balaban J connectivity index is 1.54. The van der Waals surface area contributed by atoms with Crippen molar-refractivity contribution in [1.82, 2.24) is 14.7 Å². The Labute approximate surface area is 237 Å². The summed E-state index contributed by atoms with van der Waals surface area (Å²) in [6.45, 7) is 5.32. The van der Waals surface area contributed by atoms with Crippen molar-refractivity contribution >= 4 is 29.1 Å². The van der Waals surface area contributed by atoms with Crippen LogP contribution in [0.15, 0.2) is 83.7 Å². The van der Waals surface area contributed by atoms with Gasteiger partial charge in [0.25, 0.3) is 17.4 Å². The highest BCUT2D eigenvalue weighted by molar-refractivity contribution is 6.10. The van der Waals surface area contributed by atoms with E-state index in [1.165, 1.54) is 11.8 Å². The molecule has 1 aromatic heterocycles. The molecule has 0 aliphatic rings.